The Hall–Kier alpha value is -3.95. The van der Waals surface area contributed by atoms with E-state index in [1.54, 1.807) is 51.5 Å². The lowest BCUT2D eigenvalue weighted by atomic mass is 10.1. The van der Waals surface area contributed by atoms with E-state index in [-0.39, 0.29) is 18.4 Å². The van der Waals surface area contributed by atoms with Gasteiger partial charge in [-0.2, -0.15) is 4.80 Å². The monoisotopic (exact) mass is 480 g/mol. The van der Waals surface area contributed by atoms with Gasteiger partial charge in [0.15, 0.2) is 11.5 Å². The van der Waals surface area contributed by atoms with Crippen molar-refractivity contribution in [3.63, 3.8) is 0 Å². The molecule has 10 nitrogen and oxygen atoms in total. The maximum atomic E-state index is 13.4. The van der Waals surface area contributed by atoms with Gasteiger partial charge in [0.25, 0.3) is 5.91 Å². The normalized spacial score (nSPS) is 11.7. The van der Waals surface area contributed by atoms with Gasteiger partial charge in [0.05, 0.1) is 14.2 Å². The summed E-state index contributed by atoms with van der Waals surface area (Å²) in [6.45, 7) is 6.27. The number of ether oxygens (including phenoxy) is 2. The van der Waals surface area contributed by atoms with Crippen molar-refractivity contribution in [2.45, 2.75) is 39.8 Å². The lowest BCUT2D eigenvalue weighted by Crippen LogP contribution is -2.49. The van der Waals surface area contributed by atoms with Crippen molar-refractivity contribution in [2.75, 3.05) is 25.7 Å². The van der Waals surface area contributed by atoms with Crippen LogP contribution < -0.4 is 19.7 Å². The molecule has 0 bridgehead atoms. The Morgan fingerprint density at radius 2 is 1.74 bits per heavy atom. The number of nitrogens with one attached hydrogen (secondary N) is 1. The molecule has 0 fully saturated rings. The molecule has 1 atom stereocenters. The second kappa shape index (κ2) is 12.0. The van der Waals surface area contributed by atoms with E-state index in [0.29, 0.717) is 41.0 Å². The Morgan fingerprint density at radius 3 is 2.40 bits per heavy atom. The minimum atomic E-state index is -0.717. The molecule has 1 N–H and O–H groups in total. The van der Waals surface area contributed by atoms with Gasteiger partial charge < -0.3 is 14.8 Å². The molecule has 3 aromatic rings. The summed E-state index contributed by atoms with van der Waals surface area (Å²) < 4.78 is 10.6. The molecule has 0 unspecified atom stereocenters. The van der Waals surface area contributed by atoms with Gasteiger partial charge in [-0.15, -0.1) is 10.2 Å². The molecule has 3 rings (SSSR count). The van der Waals surface area contributed by atoms with E-state index in [1.807, 2.05) is 18.2 Å². The maximum absolute atomic E-state index is 13.4. The summed E-state index contributed by atoms with van der Waals surface area (Å²) >= 11 is 0. The molecule has 2 amide bonds. The van der Waals surface area contributed by atoms with Crippen molar-refractivity contribution in [3.8, 4) is 22.9 Å². The Labute approximate surface area is 205 Å². The fourth-order valence-electron chi connectivity index (χ4n) is 3.52. The largest absolute Gasteiger partial charge is 0.493 e. The molecule has 35 heavy (non-hydrogen) atoms. The molecule has 0 spiro atoms. The van der Waals surface area contributed by atoms with Gasteiger partial charge in [-0.25, -0.2) is 0 Å². The number of nitrogens with zero attached hydrogens (tertiary/aromatic N) is 5. The Kier molecular flexibility index (Phi) is 8.77. The van der Waals surface area contributed by atoms with Gasteiger partial charge in [0.2, 0.25) is 11.7 Å². The van der Waals surface area contributed by atoms with Crippen LogP contribution >= 0.6 is 0 Å². The van der Waals surface area contributed by atoms with Crippen LogP contribution in [-0.4, -0.2) is 58.8 Å². The number of hydrogen-bond donors (Lipinski definition) is 1. The minimum absolute atomic E-state index is 0.182. The summed E-state index contributed by atoms with van der Waals surface area (Å²) in [5.74, 6) is 1.36. The first-order valence-electron chi connectivity index (χ1n) is 11.5. The Morgan fingerprint density at radius 1 is 1.03 bits per heavy atom. The molecule has 0 saturated carbocycles. The van der Waals surface area contributed by atoms with Crippen molar-refractivity contribution in [2.24, 2.45) is 5.92 Å². The second-order valence-electron chi connectivity index (χ2n) is 8.46. The fourth-order valence-corrected chi connectivity index (χ4v) is 3.52. The van der Waals surface area contributed by atoms with Crippen LogP contribution in [0.5, 0.6) is 11.5 Å². The summed E-state index contributed by atoms with van der Waals surface area (Å²) in [4.78, 5) is 28.9. The Balaban J connectivity index is 1.78. The molecule has 186 valence electrons. The zero-order chi connectivity index (χ0) is 25.4. The summed E-state index contributed by atoms with van der Waals surface area (Å²) in [6.07, 6.45) is 0.861. The van der Waals surface area contributed by atoms with Gasteiger partial charge in [-0.05, 0) is 54.8 Å². The zero-order valence-corrected chi connectivity index (χ0v) is 20.8. The van der Waals surface area contributed by atoms with Crippen LogP contribution in [0.1, 0.15) is 27.2 Å². The van der Waals surface area contributed by atoms with E-state index in [0.717, 1.165) is 6.42 Å². The smallest absolute Gasteiger partial charge is 0.251 e. The average Bonchev–Trinajstić information content (AvgIpc) is 3.32. The number of rotatable bonds is 11. The number of aromatic nitrogens is 4. The molecule has 0 radical (unpaired) electrons. The first-order chi connectivity index (χ1) is 16.8. The van der Waals surface area contributed by atoms with E-state index < -0.39 is 6.04 Å². The lowest BCUT2D eigenvalue weighted by molar-refractivity contribution is -0.126. The van der Waals surface area contributed by atoms with Crippen LogP contribution in [0.2, 0.25) is 0 Å². The zero-order valence-electron chi connectivity index (χ0n) is 20.8. The van der Waals surface area contributed by atoms with Crippen molar-refractivity contribution in [1.82, 2.24) is 25.5 Å². The third kappa shape index (κ3) is 6.56. The number of tetrazole rings is 1. The standard InChI is InChI=1S/C25H32N6O4/c1-17(2)13-14-26-25(33)18(3)31(20-9-7-6-8-10-20)23(32)16-30-28-24(27-29-30)19-11-12-21(34-4)22(15-19)35-5/h6-12,15,17-18H,13-14,16H2,1-5H3,(H,26,33)/t18-/m1/s1. The quantitative estimate of drug-likeness (QED) is 0.449. The predicted molar refractivity (Wildman–Crippen MR) is 132 cm³/mol. The molecule has 0 aliphatic heterocycles. The SMILES string of the molecule is COc1ccc(-c2nnn(CC(=O)N(c3ccccc3)[C@H](C)C(=O)NCCC(C)C)n2)cc1OC. The number of carbonyl (C=O) groups excluding carboxylic acids is 2. The number of anilines is 1. The Bertz CT molecular complexity index is 1130. The van der Waals surface area contributed by atoms with E-state index in [9.17, 15) is 9.59 Å². The van der Waals surface area contributed by atoms with E-state index in [1.165, 1.54) is 9.70 Å². The van der Waals surface area contributed by atoms with Crippen LogP contribution in [0.3, 0.4) is 0 Å². The highest BCUT2D eigenvalue weighted by Crippen LogP contribution is 2.30. The molecule has 0 aliphatic carbocycles. The molecule has 1 heterocycles. The number of methoxy groups -OCH3 is 2. The highest BCUT2D eigenvalue weighted by molar-refractivity contribution is 6.00. The van der Waals surface area contributed by atoms with Gasteiger partial charge >= 0.3 is 0 Å². The van der Waals surface area contributed by atoms with E-state index in [4.69, 9.17) is 9.47 Å². The highest BCUT2D eigenvalue weighted by atomic mass is 16.5. The average molecular weight is 481 g/mol. The molecule has 2 aromatic carbocycles. The van der Waals surface area contributed by atoms with E-state index in [2.05, 4.69) is 34.6 Å². The highest BCUT2D eigenvalue weighted by Gasteiger charge is 2.28. The summed E-state index contributed by atoms with van der Waals surface area (Å²) in [7, 11) is 3.10. The topological polar surface area (TPSA) is 111 Å². The van der Waals surface area contributed by atoms with Gasteiger partial charge in [-0.1, -0.05) is 32.0 Å². The predicted octanol–water partition coefficient (Wildman–Crippen LogP) is 2.94. The number of amides is 2. The summed E-state index contributed by atoms with van der Waals surface area (Å²) in [5, 5.41) is 15.4. The lowest BCUT2D eigenvalue weighted by Gasteiger charge is -2.28. The molecule has 0 aliphatic rings. The van der Waals surface area contributed by atoms with Crippen LogP contribution in [-0.2, 0) is 16.1 Å². The number of hydrogen-bond acceptors (Lipinski definition) is 7. The number of para-hydroxylation sites is 1. The summed E-state index contributed by atoms with van der Waals surface area (Å²) in [5.41, 5.74) is 1.28. The van der Waals surface area contributed by atoms with Crippen molar-refractivity contribution >= 4 is 17.5 Å². The minimum Gasteiger partial charge on any atom is -0.493 e. The molecular weight excluding hydrogens is 448 g/mol. The van der Waals surface area contributed by atoms with Crippen LogP contribution in [0.4, 0.5) is 5.69 Å². The maximum Gasteiger partial charge on any atom is 0.251 e. The van der Waals surface area contributed by atoms with Crippen molar-refractivity contribution in [3.05, 3.63) is 48.5 Å². The number of benzene rings is 2. The molecule has 1 aromatic heterocycles. The first kappa shape index (κ1) is 25.7. The molecule has 10 heteroatoms. The van der Waals surface area contributed by atoms with Gasteiger partial charge in [-0.3, -0.25) is 14.5 Å². The van der Waals surface area contributed by atoms with Crippen LogP contribution in [0.15, 0.2) is 48.5 Å². The van der Waals surface area contributed by atoms with Crippen LogP contribution in [0, 0.1) is 5.92 Å². The molecule has 0 saturated heterocycles. The second-order valence-corrected chi connectivity index (χ2v) is 8.46. The van der Waals surface area contributed by atoms with Crippen LogP contribution in [0.25, 0.3) is 11.4 Å². The summed E-state index contributed by atoms with van der Waals surface area (Å²) in [6, 6.07) is 13.6. The van der Waals surface area contributed by atoms with E-state index >= 15 is 0 Å². The first-order valence-corrected chi connectivity index (χ1v) is 11.5. The third-order valence-corrected chi connectivity index (χ3v) is 5.46. The van der Waals surface area contributed by atoms with Gasteiger partial charge in [0, 0.05) is 17.8 Å². The van der Waals surface area contributed by atoms with Crippen molar-refractivity contribution in [1.29, 1.82) is 0 Å². The fraction of sp³-hybridized carbons (Fsp3) is 0.400. The molecular formula is C25H32N6O4. The third-order valence-electron chi connectivity index (χ3n) is 5.46. The number of carbonyl (C=O) groups is 2. The van der Waals surface area contributed by atoms with Crippen molar-refractivity contribution < 1.29 is 19.1 Å². The van der Waals surface area contributed by atoms with Gasteiger partial charge in [0.1, 0.15) is 12.6 Å².